The maximum absolute atomic E-state index is 14.5. The number of hydrogen-bond donors (Lipinski definition) is 0. The van der Waals surface area contributed by atoms with Crippen LogP contribution < -0.4 is 31.8 Å². The predicted octanol–water partition coefficient (Wildman–Crippen LogP) is 16.2. The Hall–Kier alpha value is -6.02. The fraction of sp³-hybridized carbons (Fsp3) is 0.0385. The molecule has 9 rings (SSSR count). The van der Waals surface area contributed by atoms with Crippen LogP contribution in [0.5, 0.6) is 0 Å². The summed E-state index contributed by atoms with van der Waals surface area (Å²) in [5.41, 5.74) is 4.12. The average molecular weight is 1050 g/mol. The van der Waals surface area contributed by atoms with Crippen LogP contribution in [-0.2, 0) is 12.3 Å². The van der Waals surface area contributed by atoms with Crippen molar-refractivity contribution in [2.45, 2.75) is 12.3 Å². The third kappa shape index (κ3) is 13.4. The number of hydrogen-bond acceptors (Lipinski definition) is 2. The zero-order chi connectivity index (χ0) is 50.8. The van der Waals surface area contributed by atoms with Crippen molar-refractivity contribution in [2.75, 3.05) is 0 Å². The van der Waals surface area contributed by atoms with Crippen LogP contribution in [-0.4, -0.2) is 11.6 Å². The molecule has 1 aliphatic carbocycles. The summed E-state index contributed by atoms with van der Waals surface area (Å²) < 4.78 is 118. The Morgan fingerprint density at radius 2 is 0.443 bits per heavy atom. The molecule has 0 fully saturated rings. The van der Waals surface area contributed by atoms with Gasteiger partial charge in [-0.2, -0.15) is 0 Å². The van der Waals surface area contributed by atoms with Crippen LogP contribution in [0, 0.1) is 0 Å². The van der Waals surface area contributed by atoms with Gasteiger partial charge < -0.3 is 0 Å². The number of halogens is 12. The van der Waals surface area contributed by atoms with Gasteiger partial charge in [0.1, 0.15) is 46.4 Å². The van der Waals surface area contributed by atoms with E-state index in [0.717, 1.165) is 11.1 Å². The summed E-state index contributed by atoms with van der Waals surface area (Å²) in [7, 11) is -26.1. The Morgan fingerprint density at radius 1 is 0.271 bits per heavy atom. The van der Waals surface area contributed by atoms with E-state index < -0.39 is 30.1 Å². The van der Waals surface area contributed by atoms with Crippen molar-refractivity contribution in [2.24, 2.45) is 0 Å². The molecule has 0 aliphatic heterocycles. The Balaban J connectivity index is 0.000000452. The molecule has 0 heterocycles. The number of fused-ring (bicyclic) bond motifs is 2. The summed E-state index contributed by atoms with van der Waals surface area (Å²) >= 11 is 0. The van der Waals surface area contributed by atoms with E-state index in [0.29, 0.717) is 34.6 Å². The van der Waals surface area contributed by atoms with Crippen LogP contribution >= 0.6 is 30.1 Å². The first kappa shape index (κ1) is 51.8. The SMILES string of the molecule is F[P-](F)(F)(F)(F)F.F[P-](F)(F)(F)(F)F.O=C1c2ccccc2C(=O)c2cc(C[P+](c3ccccc3)(c3ccccc3)c3ccccc3)c(C[P+](c3ccccc3)(c3ccccc3)c3ccccc3)cc21. The summed E-state index contributed by atoms with van der Waals surface area (Å²) in [6.07, 6.45) is 1.35. The molecule has 0 saturated carbocycles. The number of carbonyl (C=O) groups excluding carboxylic acids is 2. The summed E-state index contributed by atoms with van der Waals surface area (Å²) in [6, 6.07) is 76.9. The minimum atomic E-state index is -10.7. The molecule has 0 N–H and O–H groups in total. The first-order valence-corrected chi connectivity index (χ1v) is 29.1. The molecule has 0 spiro atoms. The van der Waals surface area contributed by atoms with E-state index in [1.165, 1.54) is 31.8 Å². The van der Waals surface area contributed by atoms with E-state index in [1.54, 1.807) is 12.1 Å². The summed E-state index contributed by atoms with van der Waals surface area (Å²) in [5, 5.41) is 7.61. The van der Waals surface area contributed by atoms with E-state index in [4.69, 9.17) is 0 Å². The first-order valence-electron chi connectivity index (χ1n) is 21.1. The van der Waals surface area contributed by atoms with Crippen molar-refractivity contribution in [1.29, 1.82) is 0 Å². The molecule has 0 saturated heterocycles. The molecule has 0 bridgehead atoms. The van der Waals surface area contributed by atoms with Crippen molar-refractivity contribution in [1.82, 2.24) is 0 Å². The fourth-order valence-electron chi connectivity index (χ4n) is 8.58. The van der Waals surface area contributed by atoms with Crippen LogP contribution in [0.3, 0.4) is 0 Å². The third-order valence-corrected chi connectivity index (χ3v) is 20.0. The molecule has 2 nitrogen and oxygen atoms in total. The minimum absolute atomic E-state index is 0.0960. The van der Waals surface area contributed by atoms with E-state index >= 15 is 0 Å². The largest absolute Gasteiger partial charge is 0.289 e. The molecule has 0 aromatic heterocycles. The molecule has 0 amide bonds. The number of benzene rings is 8. The second-order valence-corrected chi connectivity index (χ2v) is 27.0. The van der Waals surface area contributed by atoms with Gasteiger partial charge in [-0.05, 0) is 96.1 Å². The van der Waals surface area contributed by atoms with Gasteiger partial charge in [0.25, 0.3) is 0 Å². The van der Waals surface area contributed by atoms with E-state index in [9.17, 15) is 60.0 Å². The van der Waals surface area contributed by atoms with Gasteiger partial charge in [0.05, 0.1) is 12.3 Å². The molecule has 364 valence electrons. The van der Waals surface area contributed by atoms with Crippen molar-refractivity contribution in [3.63, 3.8) is 0 Å². The van der Waals surface area contributed by atoms with E-state index in [1.807, 2.05) is 12.1 Å². The molecule has 0 unspecified atom stereocenters. The van der Waals surface area contributed by atoms with Gasteiger partial charge >= 0.3 is 66.0 Å². The zero-order valence-electron chi connectivity index (χ0n) is 36.3. The van der Waals surface area contributed by atoms with Crippen LogP contribution in [0.4, 0.5) is 50.4 Å². The predicted molar refractivity (Wildman–Crippen MR) is 265 cm³/mol. The molecular formula is C52H40F12O2P4. The average Bonchev–Trinajstić information content (AvgIpc) is 3.31. The summed E-state index contributed by atoms with van der Waals surface area (Å²) in [4.78, 5) is 29.0. The van der Waals surface area contributed by atoms with Crippen LogP contribution in [0.1, 0.15) is 43.0 Å². The number of ketones is 2. The Kier molecular flexibility index (Phi) is 13.3. The second-order valence-electron chi connectivity index (χ2n) is 16.2. The molecule has 8 aromatic carbocycles. The van der Waals surface area contributed by atoms with Gasteiger partial charge in [-0.3, -0.25) is 9.59 Å². The van der Waals surface area contributed by atoms with E-state index in [-0.39, 0.29) is 11.6 Å². The van der Waals surface area contributed by atoms with Gasteiger partial charge in [0.2, 0.25) is 0 Å². The normalized spacial score (nSPS) is 14.6. The smallest absolute Gasteiger partial charge is 0.194 e. The zero-order valence-corrected chi connectivity index (χ0v) is 39.9. The summed E-state index contributed by atoms with van der Waals surface area (Å²) in [5.74, 6) is -0.192. The monoisotopic (exact) mass is 1050 g/mol. The van der Waals surface area contributed by atoms with Crippen LogP contribution in [0.15, 0.2) is 218 Å². The molecular weight excluding hydrogens is 1010 g/mol. The van der Waals surface area contributed by atoms with Gasteiger partial charge in [-0.25, -0.2) is 0 Å². The standard InChI is InChI=1S/C52H40O2P2.2F6P/c53-51-47-33-19-20-34-48(47)52(54)50-36-40(38-56(44-27-13-4-14-28-44,45-29-15-5-16-30-45)46-31-17-6-18-32-46)39(35-49(50)51)37-55(41-21-7-1-8-22-41,42-23-9-2-10-24-42)43-25-11-3-12-26-43;2*1-7(2,3,4,5)6/h1-36H,37-38H2;;/q+2;2*-1. The Bertz CT molecular complexity index is 2720. The second kappa shape index (κ2) is 18.0. The van der Waals surface area contributed by atoms with Gasteiger partial charge in [0.15, 0.2) is 11.6 Å². The first-order chi connectivity index (χ1) is 32.5. The summed E-state index contributed by atoms with van der Waals surface area (Å²) in [6.45, 7) is 0. The van der Waals surface area contributed by atoms with Crippen molar-refractivity contribution in [3.8, 4) is 0 Å². The van der Waals surface area contributed by atoms with Crippen molar-refractivity contribution >= 4 is 73.5 Å². The van der Waals surface area contributed by atoms with Crippen molar-refractivity contribution < 1.29 is 60.0 Å². The van der Waals surface area contributed by atoms with Gasteiger partial charge in [-0.15, -0.1) is 0 Å². The molecule has 70 heavy (non-hydrogen) atoms. The molecule has 1 aliphatic rings. The maximum Gasteiger partial charge on any atom is 0.194 e. The number of rotatable bonds is 10. The Morgan fingerprint density at radius 3 is 0.629 bits per heavy atom. The fourth-order valence-corrected chi connectivity index (χ4v) is 17.2. The molecule has 8 aromatic rings. The van der Waals surface area contributed by atoms with Crippen LogP contribution in [0.25, 0.3) is 0 Å². The van der Waals surface area contributed by atoms with Gasteiger partial charge in [0, 0.05) is 22.3 Å². The molecule has 0 atom stereocenters. The number of carbonyl (C=O) groups is 2. The minimum Gasteiger partial charge on any atom is -0.289 e. The maximum atomic E-state index is 14.5. The molecule has 18 heteroatoms. The topological polar surface area (TPSA) is 34.1 Å². The Labute approximate surface area is 396 Å². The third-order valence-electron chi connectivity index (χ3n) is 11.2. The van der Waals surface area contributed by atoms with Crippen LogP contribution in [0.2, 0.25) is 0 Å². The quantitative estimate of drug-likeness (QED) is 0.101. The van der Waals surface area contributed by atoms with Gasteiger partial charge in [-0.1, -0.05) is 133 Å². The van der Waals surface area contributed by atoms with Crippen molar-refractivity contribution in [3.05, 3.63) is 252 Å². The molecule has 0 radical (unpaired) electrons. The van der Waals surface area contributed by atoms with E-state index in [2.05, 4.69) is 194 Å².